The van der Waals surface area contributed by atoms with Crippen LogP contribution in [0.4, 0.5) is 5.82 Å². The largest absolute Gasteiger partial charge is 0.364 e. The summed E-state index contributed by atoms with van der Waals surface area (Å²) in [5.74, 6) is 0.700. The third kappa shape index (κ3) is 2.31. The second-order valence-electron chi connectivity index (χ2n) is 2.36. The molecule has 1 unspecified atom stereocenters. The van der Waals surface area contributed by atoms with Crippen molar-refractivity contribution in [2.45, 2.75) is 26.3 Å². The minimum atomic E-state index is 0.399. The Bertz CT molecular complexity index is 225. The summed E-state index contributed by atoms with van der Waals surface area (Å²) in [5, 5.41) is 3.61. The fraction of sp³-hybridized carbons (Fsp3) is 0.667. The molecule has 0 aliphatic heterocycles. The Hall–Kier alpha value is -0.350. The van der Waals surface area contributed by atoms with Crippen molar-refractivity contribution in [3.05, 3.63) is 5.15 Å². The monoisotopic (exact) mass is 191 g/mol. The molecule has 0 aliphatic rings. The van der Waals surface area contributed by atoms with E-state index in [2.05, 4.69) is 27.9 Å². The molecule has 0 bridgehead atoms. The van der Waals surface area contributed by atoms with Gasteiger partial charge in [-0.2, -0.15) is 8.75 Å². The fourth-order valence-corrected chi connectivity index (χ4v) is 1.26. The average Bonchev–Trinajstić information content (AvgIpc) is 2.37. The summed E-state index contributed by atoms with van der Waals surface area (Å²) in [6.45, 7) is 4.18. The first kappa shape index (κ1) is 8.74. The molecule has 0 saturated heterocycles. The number of hydrogen-bond donors (Lipinski definition) is 1. The van der Waals surface area contributed by atoms with Gasteiger partial charge in [-0.15, -0.1) is 0 Å². The lowest BCUT2D eigenvalue weighted by atomic mass is 10.3. The molecule has 1 aromatic heterocycles. The summed E-state index contributed by atoms with van der Waals surface area (Å²) in [5.41, 5.74) is 0. The summed E-state index contributed by atoms with van der Waals surface area (Å²) in [6.07, 6.45) is 1.05. The molecular weight excluding hydrogens is 182 g/mol. The van der Waals surface area contributed by atoms with E-state index in [1.807, 2.05) is 0 Å². The topological polar surface area (TPSA) is 37.8 Å². The van der Waals surface area contributed by atoms with E-state index in [1.165, 1.54) is 0 Å². The molecule has 62 valence electrons. The van der Waals surface area contributed by atoms with Crippen molar-refractivity contribution < 1.29 is 0 Å². The Kier molecular flexibility index (Phi) is 3.08. The van der Waals surface area contributed by atoms with Crippen LogP contribution in [-0.2, 0) is 0 Å². The maximum absolute atomic E-state index is 5.72. The second-order valence-corrected chi connectivity index (χ2v) is 3.24. The van der Waals surface area contributed by atoms with Crippen molar-refractivity contribution in [2.24, 2.45) is 0 Å². The molecule has 1 aromatic rings. The number of aromatic nitrogens is 2. The summed E-state index contributed by atoms with van der Waals surface area (Å²) in [4.78, 5) is 0. The van der Waals surface area contributed by atoms with E-state index in [1.54, 1.807) is 0 Å². The highest BCUT2D eigenvalue weighted by Crippen LogP contribution is 2.18. The molecule has 5 heteroatoms. The molecule has 0 spiro atoms. The molecule has 1 atom stereocenters. The van der Waals surface area contributed by atoms with E-state index in [0.29, 0.717) is 17.0 Å². The van der Waals surface area contributed by atoms with Crippen molar-refractivity contribution in [1.29, 1.82) is 0 Å². The van der Waals surface area contributed by atoms with Crippen molar-refractivity contribution >= 4 is 29.1 Å². The Morgan fingerprint density at radius 3 is 2.82 bits per heavy atom. The molecule has 0 amide bonds. The predicted octanol–water partition coefficient (Wildman–Crippen LogP) is 2.40. The molecular formula is C6H10ClN3S. The van der Waals surface area contributed by atoms with Gasteiger partial charge in [-0.25, -0.2) is 0 Å². The van der Waals surface area contributed by atoms with Gasteiger partial charge in [-0.3, -0.25) is 0 Å². The molecule has 0 fully saturated rings. The standard InChI is InChI=1S/C6H10ClN3S/c1-3-4(2)8-6-5(7)9-11-10-6/h4H,3H2,1-2H3,(H,8,10). The highest BCUT2D eigenvalue weighted by Gasteiger charge is 2.06. The van der Waals surface area contributed by atoms with Gasteiger partial charge < -0.3 is 5.32 Å². The minimum Gasteiger partial charge on any atom is -0.364 e. The molecule has 0 aromatic carbocycles. The van der Waals surface area contributed by atoms with E-state index < -0.39 is 0 Å². The van der Waals surface area contributed by atoms with Crippen LogP contribution in [0, 0.1) is 0 Å². The van der Waals surface area contributed by atoms with Gasteiger partial charge in [0.15, 0.2) is 11.0 Å². The van der Waals surface area contributed by atoms with Gasteiger partial charge in [0, 0.05) is 6.04 Å². The van der Waals surface area contributed by atoms with Gasteiger partial charge in [-0.05, 0) is 13.3 Å². The van der Waals surface area contributed by atoms with E-state index >= 15 is 0 Å². The third-order valence-electron chi connectivity index (χ3n) is 1.44. The van der Waals surface area contributed by atoms with Gasteiger partial charge in [0.2, 0.25) is 0 Å². The van der Waals surface area contributed by atoms with E-state index in [-0.39, 0.29) is 0 Å². The molecule has 0 radical (unpaired) electrons. The summed E-state index contributed by atoms with van der Waals surface area (Å²) in [7, 11) is 0. The van der Waals surface area contributed by atoms with Crippen LogP contribution < -0.4 is 5.32 Å². The van der Waals surface area contributed by atoms with Crippen LogP contribution in [0.5, 0.6) is 0 Å². The number of nitrogens with zero attached hydrogens (tertiary/aromatic N) is 2. The summed E-state index contributed by atoms with van der Waals surface area (Å²) < 4.78 is 7.83. The van der Waals surface area contributed by atoms with Crippen molar-refractivity contribution in [1.82, 2.24) is 8.75 Å². The Morgan fingerprint density at radius 2 is 2.36 bits per heavy atom. The van der Waals surface area contributed by atoms with E-state index in [9.17, 15) is 0 Å². The van der Waals surface area contributed by atoms with E-state index in [0.717, 1.165) is 18.1 Å². The number of halogens is 1. The zero-order valence-electron chi connectivity index (χ0n) is 6.47. The van der Waals surface area contributed by atoms with Gasteiger partial charge in [-0.1, -0.05) is 18.5 Å². The van der Waals surface area contributed by atoms with Crippen molar-refractivity contribution in [2.75, 3.05) is 5.32 Å². The lowest BCUT2D eigenvalue weighted by Gasteiger charge is -2.08. The maximum atomic E-state index is 5.72. The van der Waals surface area contributed by atoms with Gasteiger partial charge in [0.25, 0.3) is 0 Å². The van der Waals surface area contributed by atoms with Crippen LogP contribution in [-0.4, -0.2) is 14.8 Å². The van der Waals surface area contributed by atoms with Crippen molar-refractivity contribution in [3.8, 4) is 0 Å². The number of anilines is 1. The predicted molar refractivity (Wildman–Crippen MR) is 48.3 cm³/mol. The molecule has 1 rings (SSSR count). The normalized spacial score (nSPS) is 13.0. The fourth-order valence-electron chi connectivity index (χ4n) is 0.599. The number of nitrogens with one attached hydrogen (secondary N) is 1. The quantitative estimate of drug-likeness (QED) is 0.798. The van der Waals surface area contributed by atoms with Gasteiger partial charge in [0.05, 0.1) is 11.7 Å². The lowest BCUT2D eigenvalue weighted by Crippen LogP contribution is -2.13. The highest BCUT2D eigenvalue weighted by molar-refractivity contribution is 6.99. The lowest BCUT2D eigenvalue weighted by molar-refractivity contribution is 0.761. The first-order chi connectivity index (χ1) is 5.24. The Morgan fingerprint density at radius 1 is 1.64 bits per heavy atom. The molecule has 1 heterocycles. The smallest absolute Gasteiger partial charge is 0.186 e. The molecule has 3 nitrogen and oxygen atoms in total. The molecule has 0 aliphatic carbocycles. The second kappa shape index (κ2) is 3.88. The van der Waals surface area contributed by atoms with Gasteiger partial charge >= 0.3 is 0 Å². The summed E-state index contributed by atoms with van der Waals surface area (Å²) in [6, 6.07) is 0.399. The molecule has 11 heavy (non-hydrogen) atoms. The zero-order chi connectivity index (χ0) is 8.27. The third-order valence-corrected chi connectivity index (χ3v) is 2.34. The number of rotatable bonds is 3. The van der Waals surface area contributed by atoms with Crippen LogP contribution in [0.15, 0.2) is 0 Å². The molecule has 0 saturated carbocycles. The Labute approximate surface area is 75.1 Å². The van der Waals surface area contributed by atoms with Crippen LogP contribution >= 0.6 is 23.3 Å². The highest BCUT2D eigenvalue weighted by atomic mass is 35.5. The number of hydrogen-bond acceptors (Lipinski definition) is 4. The SMILES string of the molecule is CCC(C)Nc1nsnc1Cl. The first-order valence-electron chi connectivity index (χ1n) is 3.48. The van der Waals surface area contributed by atoms with Crippen LogP contribution in [0.2, 0.25) is 5.15 Å². The molecule has 1 N–H and O–H groups in total. The first-order valence-corrected chi connectivity index (χ1v) is 4.59. The van der Waals surface area contributed by atoms with Crippen LogP contribution in [0.3, 0.4) is 0 Å². The average molecular weight is 192 g/mol. The maximum Gasteiger partial charge on any atom is 0.186 e. The summed E-state index contributed by atoms with van der Waals surface area (Å²) >= 11 is 6.84. The zero-order valence-corrected chi connectivity index (χ0v) is 8.04. The van der Waals surface area contributed by atoms with Crippen LogP contribution in [0.25, 0.3) is 0 Å². The van der Waals surface area contributed by atoms with Gasteiger partial charge in [0.1, 0.15) is 0 Å². The van der Waals surface area contributed by atoms with E-state index in [4.69, 9.17) is 11.6 Å². The van der Waals surface area contributed by atoms with Crippen LogP contribution in [0.1, 0.15) is 20.3 Å². The Balaban J connectivity index is 2.56. The van der Waals surface area contributed by atoms with Crippen molar-refractivity contribution in [3.63, 3.8) is 0 Å². The minimum absolute atomic E-state index is 0.399.